The van der Waals surface area contributed by atoms with Crippen molar-refractivity contribution < 1.29 is 14.3 Å². The molecule has 0 aliphatic heterocycles. The summed E-state index contributed by atoms with van der Waals surface area (Å²) in [4.78, 5) is 11.1. The summed E-state index contributed by atoms with van der Waals surface area (Å²) in [6.07, 6.45) is 2.76. The molecule has 1 aliphatic rings. The highest BCUT2D eigenvalue weighted by atomic mass is 16.5. The van der Waals surface area contributed by atoms with Crippen molar-refractivity contribution in [1.82, 2.24) is 0 Å². The van der Waals surface area contributed by atoms with Crippen LogP contribution in [0, 0.1) is 0 Å². The molecule has 0 aromatic heterocycles. The minimum atomic E-state index is -0.638. The van der Waals surface area contributed by atoms with Gasteiger partial charge in [-0.05, 0) is 19.3 Å². The van der Waals surface area contributed by atoms with Crippen molar-refractivity contribution in [3.8, 4) is 0 Å². The van der Waals surface area contributed by atoms with E-state index in [1.54, 1.807) is 7.11 Å². The molecular formula is C8H15NO3. The molecule has 0 bridgehead atoms. The summed E-state index contributed by atoms with van der Waals surface area (Å²) in [7, 11) is 2.92. The number of methoxy groups -OCH3 is 2. The number of esters is 1. The first-order chi connectivity index (χ1) is 5.66. The van der Waals surface area contributed by atoms with Crippen LogP contribution in [0.25, 0.3) is 0 Å². The van der Waals surface area contributed by atoms with Gasteiger partial charge in [0, 0.05) is 7.11 Å². The van der Waals surface area contributed by atoms with E-state index in [4.69, 9.17) is 10.5 Å². The standard InChI is InChI=1S/C8H15NO3/c1-11-7(10)6(9)8(12-2)4-3-5-8/h6H,3-5,9H2,1-2H3. The predicted molar refractivity (Wildman–Crippen MR) is 43.6 cm³/mol. The molecule has 4 nitrogen and oxygen atoms in total. The van der Waals surface area contributed by atoms with Gasteiger partial charge in [0.15, 0.2) is 0 Å². The summed E-state index contributed by atoms with van der Waals surface area (Å²) in [5.74, 6) is -0.392. The highest BCUT2D eigenvalue weighted by molar-refractivity contribution is 5.77. The van der Waals surface area contributed by atoms with Gasteiger partial charge >= 0.3 is 5.97 Å². The van der Waals surface area contributed by atoms with Crippen molar-refractivity contribution in [2.24, 2.45) is 5.73 Å². The Morgan fingerprint density at radius 3 is 2.33 bits per heavy atom. The Balaban J connectivity index is 2.59. The van der Waals surface area contributed by atoms with Gasteiger partial charge in [0.05, 0.1) is 12.7 Å². The molecule has 1 atom stereocenters. The van der Waals surface area contributed by atoms with Crippen molar-refractivity contribution in [2.75, 3.05) is 14.2 Å². The highest BCUT2D eigenvalue weighted by Gasteiger charge is 2.46. The van der Waals surface area contributed by atoms with E-state index in [1.807, 2.05) is 0 Å². The zero-order valence-corrected chi connectivity index (χ0v) is 7.50. The Kier molecular flexibility index (Phi) is 2.69. The van der Waals surface area contributed by atoms with E-state index in [1.165, 1.54) is 7.11 Å². The molecular weight excluding hydrogens is 158 g/mol. The second kappa shape index (κ2) is 3.41. The van der Waals surface area contributed by atoms with Gasteiger partial charge in [-0.2, -0.15) is 0 Å². The van der Waals surface area contributed by atoms with Gasteiger partial charge in [0.1, 0.15) is 6.04 Å². The lowest BCUT2D eigenvalue weighted by atomic mass is 9.75. The molecule has 1 unspecified atom stereocenters. The Morgan fingerprint density at radius 1 is 1.50 bits per heavy atom. The molecule has 1 aliphatic carbocycles. The van der Waals surface area contributed by atoms with Gasteiger partial charge in [-0.25, -0.2) is 0 Å². The molecule has 0 radical (unpaired) electrons. The first kappa shape index (κ1) is 9.48. The van der Waals surface area contributed by atoms with Crippen LogP contribution in [-0.2, 0) is 14.3 Å². The van der Waals surface area contributed by atoms with Gasteiger partial charge in [0.2, 0.25) is 0 Å². The first-order valence-corrected chi connectivity index (χ1v) is 4.05. The van der Waals surface area contributed by atoms with Gasteiger partial charge < -0.3 is 15.2 Å². The fourth-order valence-electron chi connectivity index (χ4n) is 1.51. The molecule has 0 spiro atoms. The molecule has 1 rings (SSSR count). The monoisotopic (exact) mass is 173 g/mol. The van der Waals surface area contributed by atoms with Crippen molar-refractivity contribution in [3.63, 3.8) is 0 Å². The van der Waals surface area contributed by atoms with Crippen molar-refractivity contribution in [2.45, 2.75) is 30.9 Å². The Bertz CT molecular complexity index is 172. The quantitative estimate of drug-likeness (QED) is 0.613. The molecule has 2 N–H and O–H groups in total. The average Bonchev–Trinajstić information content (AvgIpc) is 2.02. The molecule has 12 heavy (non-hydrogen) atoms. The third-order valence-electron chi connectivity index (χ3n) is 2.63. The van der Waals surface area contributed by atoms with Gasteiger partial charge in [0.25, 0.3) is 0 Å². The topological polar surface area (TPSA) is 61.5 Å². The minimum absolute atomic E-state index is 0.392. The third kappa shape index (κ3) is 1.32. The number of carbonyl (C=O) groups is 1. The molecule has 70 valence electrons. The average molecular weight is 173 g/mol. The second-order valence-corrected chi connectivity index (χ2v) is 3.12. The van der Waals surface area contributed by atoms with Crippen LogP contribution in [0.1, 0.15) is 19.3 Å². The van der Waals surface area contributed by atoms with E-state index < -0.39 is 17.6 Å². The first-order valence-electron chi connectivity index (χ1n) is 4.05. The zero-order valence-electron chi connectivity index (χ0n) is 7.50. The number of rotatable bonds is 3. The normalized spacial score (nSPS) is 22.6. The number of ether oxygens (including phenoxy) is 2. The highest BCUT2D eigenvalue weighted by Crippen LogP contribution is 2.37. The van der Waals surface area contributed by atoms with Crippen LogP contribution in [0.15, 0.2) is 0 Å². The molecule has 0 saturated heterocycles. The molecule has 1 saturated carbocycles. The lowest BCUT2D eigenvalue weighted by Gasteiger charge is -2.43. The smallest absolute Gasteiger partial charge is 0.325 e. The fourth-order valence-corrected chi connectivity index (χ4v) is 1.51. The van der Waals surface area contributed by atoms with Crippen LogP contribution in [0.3, 0.4) is 0 Å². The molecule has 0 heterocycles. The lowest BCUT2D eigenvalue weighted by Crippen LogP contribution is -2.58. The van der Waals surface area contributed by atoms with Gasteiger partial charge in [-0.15, -0.1) is 0 Å². The molecule has 0 aromatic rings. The second-order valence-electron chi connectivity index (χ2n) is 3.12. The summed E-state index contributed by atoms with van der Waals surface area (Å²) in [5.41, 5.74) is 5.23. The van der Waals surface area contributed by atoms with Crippen molar-refractivity contribution in [3.05, 3.63) is 0 Å². The summed E-state index contributed by atoms with van der Waals surface area (Å²) in [5, 5.41) is 0. The summed E-state index contributed by atoms with van der Waals surface area (Å²) >= 11 is 0. The van der Waals surface area contributed by atoms with E-state index >= 15 is 0 Å². The number of hydrogen-bond donors (Lipinski definition) is 1. The van der Waals surface area contributed by atoms with Crippen molar-refractivity contribution in [1.29, 1.82) is 0 Å². The summed E-state index contributed by atoms with van der Waals surface area (Å²) in [6.45, 7) is 0. The molecule has 0 amide bonds. The number of carbonyl (C=O) groups excluding carboxylic acids is 1. The minimum Gasteiger partial charge on any atom is -0.468 e. The van der Waals surface area contributed by atoms with E-state index in [-0.39, 0.29) is 0 Å². The van der Waals surface area contributed by atoms with Crippen LogP contribution in [-0.4, -0.2) is 31.8 Å². The zero-order chi connectivity index (χ0) is 9.19. The largest absolute Gasteiger partial charge is 0.468 e. The lowest BCUT2D eigenvalue weighted by molar-refractivity contribution is -0.158. The Morgan fingerprint density at radius 2 is 2.08 bits per heavy atom. The maximum atomic E-state index is 11.1. The maximum absolute atomic E-state index is 11.1. The SMILES string of the molecule is COC(=O)C(N)C1(OC)CCC1. The molecule has 4 heteroatoms. The predicted octanol–water partition coefficient (Wildman–Crippen LogP) is 0.0558. The van der Waals surface area contributed by atoms with E-state index in [0.29, 0.717) is 0 Å². The van der Waals surface area contributed by atoms with E-state index in [9.17, 15) is 4.79 Å². The van der Waals surface area contributed by atoms with E-state index in [0.717, 1.165) is 19.3 Å². The molecule has 0 aromatic carbocycles. The Hall–Kier alpha value is -0.610. The van der Waals surface area contributed by atoms with Crippen molar-refractivity contribution >= 4 is 5.97 Å². The van der Waals surface area contributed by atoms with Crippen LogP contribution in [0.2, 0.25) is 0 Å². The third-order valence-corrected chi connectivity index (χ3v) is 2.63. The maximum Gasteiger partial charge on any atom is 0.325 e. The van der Waals surface area contributed by atoms with Crippen LogP contribution in [0.4, 0.5) is 0 Å². The summed E-state index contributed by atoms with van der Waals surface area (Å²) < 4.78 is 9.78. The van der Waals surface area contributed by atoms with E-state index in [2.05, 4.69) is 4.74 Å². The van der Waals surface area contributed by atoms with Crippen LogP contribution < -0.4 is 5.73 Å². The Labute approximate surface area is 72.0 Å². The van der Waals surface area contributed by atoms with Gasteiger partial charge in [-0.1, -0.05) is 0 Å². The van der Waals surface area contributed by atoms with Gasteiger partial charge in [-0.3, -0.25) is 4.79 Å². The fraction of sp³-hybridized carbons (Fsp3) is 0.875. The summed E-state index contributed by atoms with van der Waals surface area (Å²) in [6, 6.07) is -0.638. The van der Waals surface area contributed by atoms with Crippen LogP contribution >= 0.6 is 0 Å². The molecule has 1 fully saturated rings. The number of nitrogens with two attached hydrogens (primary N) is 1. The number of hydrogen-bond acceptors (Lipinski definition) is 4. The van der Waals surface area contributed by atoms with Crippen LogP contribution in [0.5, 0.6) is 0 Å².